The maximum Gasteiger partial charge on any atom is 0.233 e. The maximum absolute atomic E-state index is 13.6. The van der Waals surface area contributed by atoms with Crippen LogP contribution in [0.5, 0.6) is 0 Å². The second kappa shape index (κ2) is 7.11. The highest BCUT2D eigenvalue weighted by molar-refractivity contribution is 8.00. The number of carbonyl (C=O) groups excluding carboxylic acids is 1. The first-order valence-corrected chi connectivity index (χ1v) is 8.17. The van der Waals surface area contributed by atoms with E-state index in [1.807, 2.05) is 6.92 Å². The molecule has 0 saturated heterocycles. The molecular formula is C16H22FNOS. The van der Waals surface area contributed by atoms with Crippen molar-refractivity contribution in [1.82, 2.24) is 5.32 Å². The quantitative estimate of drug-likeness (QED) is 0.851. The van der Waals surface area contributed by atoms with Crippen molar-refractivity contribution in [3.8, 4) is 0 Å². The molecule has 1 aliphatic rings. The molecule has 0 heterocycles. The predicted molar refractivity (Wildman–Crippen MR) is 81.3 cm³/mol. The number of amides is 1. The van der Waals surface area contributed by atoms with Gasteiger partial charge in [-0.2, -0.15) is 0 Å². The number of hydrogen-bond acceptors (Lipinski definition) is 2. The van der Waals surface area contributed by atoms with Crippen molar-refractivity contribution in [3.05, 3.63) is 30.1 Å². The molecule has 4 heteroatoms. The van der Waals surface area contributed by atoms with Crippen LogP contribution in [-0.2, 0) is 4.79 Å². The number of rotatable bonds is 4. The van der Waals surface area contributed by atoms with E-state index >= 15 is 0 Å². The average molecular weight is 295 g/mol. The van der Waals surface area contributed by atoms with Gasteiger partial charge in [-0.3, -0.25) is 4.79 Å². The lowest BCUT2D eigenvalue weighted by atomic mass is 9.86. The van der Waals surface area contributed by atoms with Crippen LogP contribution in [0.2, 0.25) is 0 Å². The fourth-order valence-electron chi connectivity index (χ4n) is 2.62. The molecule has 3 unspecified atom stereocenters. The second-order valence-corrected chi connectivity index (χ2v) is 6.95. The van der Waals surface area contributed by atoms with Crippen LogP contribution in [0.4, 0.5) is 4.39 Å². The maximum atomic E-state index is 13.6. The summed E-state index contributed by atoms with van der Waals surface area (Å²) in [5.41, 5.74) is 0. The summed E-state index contributed by atoms with van der Waals surface area (Å²) in [4.78, 5) is 12.8. The van der Waals surface area contributed by atoms with Crippen molar-refractivity contribution >= 4 is 17.7 Å². The molecule has 3 atom stereocenters. The zero-order chi connectivity index (χ0) is 14.5. The van der Waals surface area contributed by atoms with E-state index in [1.54, 1.807) is 18.2 Å². The van der Waals surface area contributed by atoms with Crippen LogP contribution >= 0.6 is 11.8 Å². The molecule has 1 aromatic rings. The van der Waals surface area contributed by atoms with E-state index in [4.69, 9.17) is 0 Å². The molecule has 0 spiro atoms. The molecule has 0 aliphatic heterocycles. The third-order valence-corrected chi connectivity index (χ3v) is 5.10. The van der Waals surface area contributed by atoms with Crippen molar-refractivity contribution in [2.75, 3.05) is 0 Å². The highest BCUT2D eigenvalue weighted by Gasteiger charge is 2.25. The summed E-state index contributed by atoms with van der Waals surface area (Å²) in [5, 5.41) is 2.85. The van der Waals surface area contributed by atoms with E-state index < -0.39 is 0 Å². The van der Waals surface area contributed by atoms with Crippen LogP contribution in [0.15, 0.2) is 29.2 Å². The summed E-state index contributed by atoms with van der Waals surface area (Å²) >= 11 is 1.28. The van der Waals surface area contributed by atoms with Crippen LogP contribution in [0, 0.1) is 11.7 Å². The van der Waals surface area contributed by atoms with Crippen molar-refractivity contribution in [2.45, 2.75) is 55.7 Å². The van der Waals surface area contributed by atoms with Gasteiger partial charge in [-0.25, -0.2) is 4.39 Å². The first-order valence-electron chi connectivity index (χ1n) is 7.29. The molecule has 1 fully saturated rings. The van der Waals surface area contributed by atoms with Crippen LogP contribution in [-0.4, -0.2) is 17.2 Å². The van der Waals surface area contributed by atoms with E-state index in [-0.39, 0.29) is 23.0 Å². The van der Waals surface area contributed by atoms with E-state index in [0.29, 0.717) is 10.8 Å². The van der Waals surface area contributed by atoms with E-state index in [1.165, 1.54) is 37.1 Å². The van der Waals surface area contributed by atoms with Crippen molar-refractivity contribution in [1.29, 1.82) is 0 Å². The Morgan fingerprint density at radius 3 is 2.75 bits per heavy atom. The molecule has 110 valence electrons. The second-order valence-electron chi connectivity index (χ2n) is 5.57. The fraction of sp³-hybridized carbons (Fsp3) is 0.562. The summed E-state index contributed by atoms with van der Waals surface area (Å²) in [6, 6.07) is 6.87. The highest BCUT2D eigenvalue weighted by Crippen LogP contribution is 2.27. The lowest BCUT2D eigenvalue weighted by Crippen LogP contribution is -2.44. The van der Waals surface area contributed by atoms with E-state index in [9.17, 15) is 9.18 Å². The lowest BCUT2D eigenvalue weighted by Gasteiger charge is -2.30. The predicted octanol–water partition coefficient (Wildman–Crippen LogP) is 4.00. The van der Waals surface area contributed by atoms with Gasteiger partial charge < -0.3 is 5.32 Å². The Kier molecular flexibility index (Phi) is 5.46. The standard InChI is InChI=1S/C16H22FNOS/c1-11-7-3-5-9-14(11)18-16(19)12(2)20-15-10-6-4-8-13(15)17/h4,6,8,10-12,14H,3,5,7,9H2,1-2H3,(H,18,19). The molecule has 0 bridgehead atoms. The van der Waals surface area contributed by atoms with Gasteiger partial charge in [0, 0.05) is 10.9 Å². The third-order valence-electron chi connectivity index (χ3n) is 3.95. The normalized spacial score (nSPS) is 24.1. The van der Waals surface area contributed by atoms with Gasteiger partial charge in [0.15, 0.2) is 0 Å². The fourth-order valence-corrected chi connectivity index (χ4v) is 3.51. The molecule has 0 radical (unpaired) electrons. The van der Waals surface area contributed by atoms with Gasteiger partial charge in [0.25, 0.3) is 0 Å². The molecule has 1 amide bonds. The number of benzene rings is 1. The number of nitrogens with one attached hydrogen (secondary N) is 1. The highest BCUT2D eigenvalue weighted by atomic mass is 32.2. The largest absolute Gasteiger partial charge is 0.352 e. The number of carbonyl (C=O) groups is 1. The number of hydrogen-bond donors (Lipinski definition) is 1. The Labute approximate surface area is 124 Å². The number of halogens is 1. The monoisotopic (exact) mass is 295 g/mol. The molecule has 1 aromatic carbocycles. The van der Waals surface area contributed by atoms with E-state index in [2.05, 4.69) is 12.2 Å². The number of thioether (sulfide) groups is 1. The van der Waals surface area contributed by atoms with Gasteiger partial charge >= 0.3 is 0 Å². The Morgan fingerprint density at radius 2 is 2.05 bits per heavy atom. The zero-order valence-corrected chi connectivity index (χ0v) is 12.9. The molecule has 2 nitrogen and oxygen atoms in total. The molecule has 1 N–H and O–H groups in total. The minimum atomic E-state index is -0.277. The van der Waals surface area contributed by atoms with Gasteiger partial charge in [-0.15, -0.1) is 11.8 Å². The molecule has 2 rings (SSSR count). The van der Waals surface area contributed by atoms with Gasteiger partial charge in [0.1, 0.15) is 5.82 Å². The first-order chi connectivity index (χ1) is 9.58. The SMILES string of the molecule is CC(Sc1ccccc1F)C(=O)NC1CCCCC1C. The van der Waals surface area contributed by atoms with Crippen molar-refractivity contribution in [2.24, 2.45) is 5.92 Å². The molecule has 1 saturated carbocycles. The van der Waals surface area contributed by atoms with E-state index in [0.717, 1.165) is 6.42 Å². The Morgan fingerprint density at radius 1 is 1.35 bits per heavy atom. The zero-order valence-electron chi connectivity index (χ0n) is 12.1. The molecule has 0 aromatic heterocycles. The topological polar surface area (TPSA) is 29.1 Å². The van der Waals surface area contributed by atoms with Crippen LogP contribution in [0.1, 0.15) is 39.5 Å². The summed E-state index contributed by atoms with van der Waals surface area (Å²) in [6.07, 6.45) is 4.68. The summed E-state index contributed by atoms with van der Waals surface area (Å²) in [5.74, 6) is 0.290. The Hall–Kier alpha value is -1.03. The molecule has 20 heavy (non-hydrogen) atoms. The summed E-state index contributed by atoms with van der Waals surface area (Å²) in [6.45, 7) is 4.03. The minimum absolute atomic E-state index is 0.0111. The summed E-state index contributed by atoms with van der Waals surface area (Å²) < 4.78 is 13.6. The third kappa shape index (κ3) is 3.98. The van der Waals surface area contributed by atoms with Gasteiger partial charge in [0.2, 0.25) is 5.91 Å². The molecular weight excluding hydrogens is 273 g/mol. The van der Waals surface area contributed by atoms with Crippen LogP contribution < -0.4 is 5.32 Å². The average Bonchev–Trinajstić information content (AvgIpc) is 2.43. The van der Waals surface area contributed by atoms with Crippen molar-refractivity contribution in [3.63, 3.8) is 0 Å². The lowest BCUT2D eigenvalue weighted by molar-refractivity contribution is -0.121. The van der Waals surface area contributed by atoms with Gasteiger partial charge in [-0.05, 0) is 37.8 Å². The van der Waals surface area contributed by atoms with Gasteiger partial charge in [-0.1, -0.05) is 31.9 Å². The first kappa shape index (κ1) is 15.4. The Bertz CT molecular complexity index is 466. The van der Waals surface area contributed by atoms with Crippen molar-refractivity contribution < 1.29 is 9.18 Å². The summed E-state index contributed by atoms with van der Waals surface area (Å²) in [7, 11) is 0. The smallest absolute Gasteiger partial charge is 0.233 e. The van der Waals surface area contributed by atoms with Crippen LogP contribution in [0.3, 0.4) is 0 Å². The molecule has 1 aliphatic carbocycles. The van der Waals surface area contributed by atoms with Crippen LogP contribution in [0.25, 0.3) is 0 Å². The van der Waals surface area contributed by atoms with Gasteiger partial charge in [0.05, 0.1) is 5.25 Å². The minimum Gasteiger partial charge on any atom is -0.352 e. The Balaban J connectivity index is 1.90.